The summed E-state index contributed by atoms with van der Waals surface area (Å²) in [5.74, 6) is -0.616. The molecule has 0 bridgehead atoms. The molecule has 1 aromatic carbocycles. The second kappa shape index (κ2) is 7.72. The number of benzene rings is 1. The molecule has 1 amide bonds. The van der Waals surface area contributed by atoms with Crippen molar-refractivity contribution in [3.8, 4) is 0 Å². The van der Waals surface area contributed by atoms with Crippen LogP contribution in [0, 0.1) is 3.57 Å². The summed E-state index contributed by atoms with van der Waals surface area (Å²) in [6.45, 7) is 0.387. The highest BCUT2D eigenvalue weighted by Crippen LogP contribution is 2.08. The Bertz CT molecular complexity index is 632. The summed E-state index contributed by atoms with van der Waals surface area (Å²) in [5.41, 5.74) is 1.02. The second-order valence-electron chi connectivity index (χ2n) is 4.14. The van der Waals surface area contributed by atoms with E-state index in [9.17, 15) is 9.59 Å². The topological polar surface area (TPSA) is 68.3 Å². The quantitative estimate of drug-likeness (QED) is 0.479. The maximum atomic E-state index is 11.8. The summed E-state index contributed by atoms with van der Waals surface area (Å²) in [7, 11) is 0. The Morgan fingerprint density at radius 2 is 1.90 bits per heavy atom. The van der Waals surface area contributed by atoms with E-state index in [-0.39, 0.29) is 19.1 Å². The molecule has 6 heteroatoms. The Hall–Kier alpha value is -1.96. The standard InChI is InChI=1S/C15H13IN2O3/c16-13-3-1-2-12(10-13)15(20)21-9-8-18-14(19)11-4-6-17-7-5-11/h1-7,10H,8-9H2,(H,18,19). The number of ether oxygens (including phenoxy) is 1. The lowest BCUT2D eigenvalue weighted by molar-refractivity contribution is 0.0503. The summed E-state index contributed by atoms with van der Waals surface area (Å²) in [5, 5.41) is 2.67. The first kappa shape index (κ1) is 15.4. The normalized spacial score (nSPS) is 9.95. The Balaban J connectivity index is 1.75. The number of halogens is 1. The number of rotatable bonds is 5. The zero-order valence-electron chi connectivity index (χ0n) is 11.1. The molecule has 0 fully saturated rings. The maximum absolute atomic E-state index is 11.8. The number of nitrogens with one attached hydrogen (secondary N) is 1. The van der Waals surface area contributed by atoms with Crippen LogP contribution in [-0.2, 0) is 4.74 Å². The van der Waals surface area contributed by atoms with Gasteiger partial charge in [-0.25, -0.2) is 4.79 Å². The van der Waals surface area contributed by atoms with Crippen LogP contribution in [0.5, 0.6) is 0 Å². The van der Waals surface area contributed by atoms with Crippen LogP contribution >= 0.6 is 22.6 Å². The van der Waals surface area contributed by atoms with Crippen molar-refractivity contribution < 1.29 is 14.3 Å². The van der Waals surface area contributed by atoms with E-state index < -0.39 is 5.97 Å². The van der Waals surface area contributed by atoms with Crippen LogP contribution in [-0.4, -0.2) is 30.0 Å². The third-order valence-electron chi connectivity index (χ3n) is 2.62. The maximum Gasteiger partial charge on any atom is 0.338 e. The number of carbonyl (C=O) groups excluding carboxylic acids is 2. The molecule has 0 saturated carbocycles. The van der Waals surface area contributed by atoms with E-state index in [1.807, 2.05) is 6.07 Å². The summed E-state index contributed by atoms with van der Waals surface area (Å²) in [6.07, 6.45) is 3.10. The average molecular weight is 396 g/mol. The Kier molecular flexibility index (Phi) is 5.68. The number of hydrogen-bond acceptors (Lipinski definition) is 4. The van der Waals surface area contributed by atoms with Crippen molar-refractivity contribution >= 4 is 34.5 Å². The molecule has 0 aliphatic carbocycles. The van der Waals surface area contributed by atoms with E-state index in [4.69, 9.17) is 4.74 Å². The highest BCUT2D eigenvalue weighted by molar-refractivity contribution is 14.1. The molecule has 1 aromatic heterocycles. The van der Waals surface area contributed by atoms with Crippen molar-refractivity contribution in [1.29, 1.82) is 0 Å². The third-order valence-corrected chi connectivity index (χ3v) is 3.29. The lowest BCUT2D eigenvalue weighted by atomic mass is 10.2. The Morgan fingerprint density at radius 3 is 2.62 bits per heavy atom. The molecule has 2 aromatic rings. The summed E-state index contributed by atoms with van der Waals surface area (Å²) in [6, 6.07) is 10.4. The number of esters is 1. The third kappa shape index (κ3) is 4.82. The summed E-state index contributed by atoms with van der Waals surface area (Å²) in [4.78, 5) is 27.3. The van der Waals surface area contributed by atoms with Crippen molar-refractivity contribution in [2.75, 3.05) is 13.2 Å². The van der Waals surface area contributed by atoms with Crippen molar-refractivity contribution in [2.24, 2.45) is 0 Å². The smallest absolute Gasteiger partial charge is 0.338 e. The van der Waals surface area contributed by atoms with Crippen LogP contribution in [0.1, 0.15) is 20.7 Å². The zero-order valence-corrected chi connectivity index (χ0v) is 13.2. The fourth-order valence-corrected chi connectivity index (χ4v) is 2.16. The van der Waals surface area contributed by atoms with Gasteiger partial charge in [0, 0.05) is 21.5 Å². The van der Waals surface area contributed by atoms with E-state index in [1.54, 1.807) is 42.7 Å². The number of amides is 1. The van der Waals surface area contributed by atoms with Gasteiger partial charge in [-0.05, 0) is 52.9 Å². The second-order valence-corrected chi connectivity index (χ2v) is 5.38. The number of aromatic nitrogens is 1. The van der Waals surface area contributed by atoms with Crippen LogP contribution in [0.4, 0.5) is 0 Å². The summed E-state index contributed by atoms with van der Waals surface area (Å²) >= 11 is 2.13. The van der Waals surface area contributed by atoms with Gasteiger partial charge in [-0.15, -0.1) is 0 Å². The van der Waals surface area contributed by atoms with Gasteiger partial charge in [0.25, 0.3) is 5.91 Å². The van der Waals surface area contributed by atoms with Crippen LogP contribution in [0.15, 0.2) is 48.8 Å². The van der Waals surface area contributed by atoms with E-state index in [1.165, 1.54) is 0 Å². The first-order valence-electron chi connectivity index (χ1n) is 6.28. The molecule has 21 heavy (non-hydrogen) atoms. The number of pyridine rings is 1. The number of carbonyl (C=O) groups is 2. The fourth-order valence-electron chi connectivity index (χ4n) is 1.61. The number of hydrogen-bond donors (Lipinski definition) is 1. The molecule has 0 spiro atoms. The SMILES string of the molecule is O=C(NCCOC(=O)c1cccc(I)c1)c1ccncc1. The molecule has 0 atom stereocenters. The van der Waals surface area contributed by atoms with Crippen molar-refractivity contribution in [3.63, 3.8) is 0 Å². The fraction of sp³-hybridized carbons (Fsp3) is 0.133. The Morgan fingerprint density at radius 1 is 1.14 bits per heavy atom. The summed E-state index contributed by atoms with van der Waals surface area (Å²) < 4.78 is 6.07. The molecule has 1 N–H and O–H groups in total. The van der Waals surface area contributed by atoms with Crippen LogP contribution < -0.4 is 5.32 Å². The molecule has 1 heterocycles. The molecule has 0 saturated heterocycles. The molecular weight excluding hydrogens is 383 g/mol. The Labute approximate surface area is 135 Å². The number of nitrogens with zero attached hydrogens (tertiary/aromatic N) is 1. The van der Waals surface area contributed by atoms with Gasteiger partial charge in [-0.2, -0.15) is 0 Å². The van der Waals surface area contributed by atoms with Crippen LogP contribution in [0.2, 0.25) is 0 Å². The minimum atomic E-state index is -0.397. The monoisotopic (exact) mass is 396 g/mol. The van der Waals surface area contributed by atoms with E-state index in [2.05, 4.69) is 32.9 Å². The van der Waals surface area contributed by atoms with Crippen LogP contribution in [0.3, 0.4) is 0 Å². The minimum absolute atomic E-state index is 0.126. The molecule has 5 nitrogen and oxygen atoms in total. The van der Waals surface area contributed by atoms with Gasteiger partial charge in [0.1, 0.15) is 6.61 Å². The molecular formula is C15H13IN2O3. The molecule has 0 aliphatic rings. The van der Waals surface area contributed by atoms with Gasteiger partial charge in [0.05, 0.1) is 12.1 Å². The largest absolute Gasteiger partial charge is 0.460 e. The highest BCUT2D eigenvalue weighted by atomic mass is 127. The van der Waals surface area contributed by atoms with Crippen molar-refractivity contribution in [1.82, 2.24) is 10.3 Å². The first-order valence-corrected chi connectivity index (χ1v) is 7.35. The minimum Gasteiger partial charge on any atom is -0.460 e. The molecule has 0 unspecified atom stereocenters. The van der Waals surface area contributed by atoms with Gasteiger partial charge < -0.3 is 10.1 Å². The van der Waals surface area contributed by atoms with Gasteiger partial charge >= 0.3 is 5.97 Å². The molecule has 0 aliphatic heterocycles. The lowest BCUT2D eigenvalue weighted by Crippen LogP contribution is -2.28. The van der Waals surface area contributed by atoms with E-state index >= 15 is 0 Å². The molecule has 2 rings (SSSR count). The van der Waals surface area contributed by atoms with E-state index in [0.29, 0.717) is 11.1 Å². The first-order chi connectivity index (χ1) is 10.2. The van der Waals surface area contributed by atoms with Gasteiger partial charge in [-0.3, -0.25) is 9.78 Å². The van der Waals surface area contributed by atoms with Gasteiger partial charge in [0.2, 0.25) is 0 Å². The zero-order chi connectivity index (χ0) is 15.1. The molecule has 108 valence electrons. The van der Waals surface area contributed by atoms with Crippen molar-refractivity contribution in [3.05, 3.63) is 63.5 Å². The predicted octanol–water partition coefficient (Wildman–Crippen LogP) is 2.27. The van der Waals surface area contributed by atoms with Gasteiger partial charge in [0.15, 0.2) is 0 Å². The van der Waals surface area contributed by atoms with E-state index in [0.717, 1.165) is 3.57 Å². The molecule has 0 radical (unpaired) electrons. The lowest BCUT2D eigenvalue weighted by Gasteiger charge is -2.07. The van der Waals surface area contributed by atoms with Crippen LogP contribution in [0.25, 0.3) is 0 Å². The van der Waals surface area contributed by atoms with Gasteiger partial charge in [-0.1, -0.05) is 6.07 Å². The highest BCUT2D eigenvalue weighted by Gasteiger charge is 2.08. The van der Waals surface area contributed by atoms with Crippen molar-refractivity contribution in [2.45, 2.75) is 0 Å². The predicted molar refractivity (Wildman–Crippen MR) is 86.0 cm³/mol. The average Bonchev–Trinajstić information content (AvgIpc) is 2.52.